The molecule has 3 saturated heterocycles. The highest BCUT2D eigenvalue weighted by Crippen LogP contribution is 2.63. The molecule has 3 unspecified atom stereocenters. The molecule has 0 bridgehead atoms. The first-order valence-corrected chi connectivity index (χ1v) is 20.2. The fourth-order valence-corrected chi connectivity index (χ4v) is 9.22. The van der Waals surface area contributed by atoms with Crippen LogP contribution in [0.1, 0.15) is 123 Å². The third-order valence-electron chi connectivity index (χ3n) is 9.50. The van der Waals surface area contributed by atoms with Crippen molar-refractivity contribution in [3.63, 3.8) is 0 Å². The van der Waals surface area contributed by atoms with E-state index < -0.39 is 77.1 Å². The molecule has 3 fully saturated rings. The molecule has 3 atom stereocenters. The molecular formula is C36H63N6O10P. The number of imide groups is 3. The van der Waals surface area contributed by atoms with E-state index in [1.807, 2.05) is 62.3 Å². The van der Waals surface area contributed by atoms with Gasteiger partial charge in [-0.25, -0.2) is 32.5 Å². The number of hydrogen-bond donors (Lipinski definition) is 0. The number of carbonyl (C=O) groups is 6. The number of likely N-dealkylation sites (N-methyl/N-ethyl adjacent to an activating group) is 3. The van der Waals surface area contributed by atoms with Gasteiger partial charge in [0.1, 0.15) is 0 Å². The lowest BCUT2D eigenvalue weighted by Crippen LogP contribution is -2.58. The molecule has 0 aromatic heterocycles. The Balaban J connectivity index is 2.44. The van der Waals surface area contributed by atoms with Crippen LogP contribution in [0, 0.1) is 16.2 Å². The van der Waals surface area contributed by atoms with Gasteiger partial charge in [0.2, 0.25) is 17.2 Å². The molecule has 0 radical (unpaired) electrons. The topological polar surface area (TPSA) is 167 Å². The standard InChI is InChI=1S/C36H63N6O10P/c1-16-34(25(43)37(19-4)28(46)40(34)22-31(7,8)9)50-53(49,51-35(17-2)26(44)38(20-5)29(47)41(35)23-32(10,11)12)52-36(18-3)27(45)39(21-6)30(48)42(36)24-33(13,14)15/h16-24H2,1-15H3. The van der Waals surface area contributed by atoms with Gasteiger partial charge < -0.3 is 0 Å². The second kappa shape index (κ2) is 14.9. The molecule has 9 amide bonds. The van der Waals surface area contributed by atoms with Crippen molar-refractivity contribution in [3.8, 4) is 0 Å². The van der Waals surface area contributed by atoms with Gasteiger partial charge in [0, 0.05) is 58.5 Å². The van der Waals surface area contributed by atoms with E-state index in [0.717, 1.165) is 14.7 Å². The van der Waals surface area contributed by atoms with E-state index in [4.69, 9.17) is 13.6 Å². The Kier molecular flexibility index (Phi) is 12.4. The summed E-state index contributed by atoms with van der Waals surface area (Å²) in [5.74, 6) is -2.52. The summed E-state index contributed by atoms with van der Waals surface area (Å²) in [6, 6.07) is -2.10. The number of urea groups is 3. The maximum absolute atomic E-state index is 16.1. The van der Waals surface area contributed by atoms with E-state index in [1.54, 1.807) is 41.5 Å². The van der Waals surface area contributed by atoms with Gasteiger partial charge in [-0.3, -0.25) is 43.8 Å². The van der Waals surface area contributed by atoms with Gasteiger partial charge in [0.25, 0.3) is 17.7 Å². The lowest BCUT2D eigenvalue weighted by Gasteiger charge is -2.45. The summed E-state index contributed by atoms with van der Waals surface area (Å²) in [5.41, 5.74) is -8.67. The van der Waals surface area contributed by atoms with E-state index in [2.05, 4.69) is 0 Å². The number of rotatable bonds is 15. The second-order valence-corrected chi connectivity index (χ2v) is 19.0. The monoisotopic (exact) mass is 770 g/mol. The molecular weight excluding hydrogens is 707 g/mol. The lowest BCUT2D eigenvalue weighted by molar-refractivity contribution is -0.178. The van der Waals surface area contributed by atoms with Crippen molar-refractivity contribution in [1.82, 2.24) is 29.4 Å². The molecule has 53 heavy (non-hydrogen) atoms. The lowest BCUT2D eigenvalue weighted by atomic mass is 9.94. The SMILES string of the molecule is CCN1C(=O)N(CC(C)(C)C)C(CC)(OP(=O)(OC2(CC)C(=O)N(CC)C(=O)N2CC(C)(C)C)OC2(CC)C(=O)N(CC)C(=O)N2CC(C)(C)C)C1=O. The molecule has 0 aromatic rings. The zero-order valence-corrected chi connectivity index (χ0v) is 35.5. The van der Waals surface area contributed by atoms with E-state index in [0.29, 0.717) is 0 Å². The Bertz CT molecular complexity index is 1360. The number of carbonyl (C=O) groups excluding carboxylic acids is 6. The predicted molar refractivity (Wildman–Crippen MR) is 197 cm³/mol. The van der Waals surface area contributed by atoms with Crippen molar-refractivity contribution in [1.29, 1.82) is 0 Å². The highest BCUT2D eigenvalue weighted by molar-refractivity contribution is 7.48. The molecule has 0 N–H and O–H groups in total. The van der Waals surface area contributed by atoms with Crippen LogP contribution in [0.3, 0.4) is 0 Å². The third-order valence-corrected chi connectivity index (χ3v) is 11.1. The van der Waals surface area contributed by atoms with Crippen LogP contribution >= 0.6 is 7.82 Å². The molecule has 302 valence electrons. The molecule has 3 rings (SSSR count). The largest absolute Gasteiger partial charge is 0.482 e. The average molecular weight is 771 g/mol. The Morgan fingerprint density at radius 1 is 0.453 bits per heavy atom. The quantitative estimate of drug-likeness (QED) is 0.133. The van der Waals surface area contributed by atoms with Crippen molar-refractivity contribution in [2.45, 2.75) is 140 Å². The molecule has 0 spiro atoms. The zero-order chi connectivity index (χ0) is 40.9. The minimum atomic E-state index is -5.55. The highest BCUT2D eigenvalue weighted by Gasteiger charge is 2.69. The molecule has 0 aliphatic carbocycles. The van der Waals surface area contributed by atoms with E-state index in [-0.39, 0.29) is 58.5 Å². The van der Waals surface area contributed by atoms with Crippen molar-refractivity contribution in [3.05, 3.63) is 0 Å². The van der Waals surface area contributed by atoms with Crippen LogP contribution in [0.25, 0.3) is 0 Å². The minimum absolute atomic E-state index is 0.0336. The molecule has 3 heterocycles. The molecule has 3 aliphatic heterocycles. The Hall–Kier alpha value is -3.07. The maximum Gasteiger partial charge on any atom is 0.482 e. The average Bonchev–Trinajstić information content (AvgIpc) is 3.43. The summed E-state index contributed by atoms with van der Waals surface area (Å²) in [5, 5.41) is 0. The Morgan fingerprint density at radius 2 is 0.660 bits per heavy atom. The smallest absolute Gasteiger partial charge is 0.287 e. The van der Waals surface area contributed by atoms with E-state index in [9.17, 15) is 28.8 Å². The van der Waals surface area contributed by atoms with Crippen LogP contribution in [-0.2, 0) is 32.5 Å². The first kappa shape index (κ1) is 44.3. The van der Waals surface area contributed by atoms with Crippen LogP contribution in [0.4, 0.5) is 14.4 Å². The van der Waals surface area contributed by atoms with E-state index in [1.165, 1.54) is 14.7 Å². The summed E-state index contributed by atoms with van der Waals surface area (Å²) in [7, 11) is -5.55. The van der Waals surface area contributed by atoms with Crippen LogP contribution in [-0.4, -0.2) is 122 Å². The van der Waals surface area contributed by atoms with Crippen molar-refractivity contribution >= 4 is 43.6 Å². The summed E-state index contributed by atoms with van der Waals surface area (Å²) in [6.45, 7) is 26.0. The van der Waals surface area contributed by atoms with Crippen LogP contribution < -0.4 is 0 Å². The van der Waals surface area contributed by atoms with Gasteiger partial charge >= 0.3 is 25.9 Å². The number of hydrogen-bond acceptors (Lipinski definition) is 10. The van der Waals surface area contributed by atoms with Gasteiger partial charge in [-0.05, 0) is 37.0 Å². The minimum Gasteiger partial charge on any atom is -0.287 e. The molecule has 0 saturated carbocycles. The Labute approximate surface area is 315 Å². The van der Waals surface area contributed by atoms with Gasteiger partial charge in [-0.1, -0.05) is 83.1 Å². The predicted octanol–water partition coefficient (Wildman–Crippen LogP) is 6.45. The molecule has 0 aromatic carbocycles. The van der Waals surface area contributed by atoms with Crippen molar-refractivity contribution in [2.24, 2.45) is 16.2 Å². The molecule has 16 nitrogen and oxygen atoms in total. The van der Waals surface area contributed by atoms with Gasteiger partial charge in [-0.2, -0.15) is 0 Å². The summed E-state index contributed by atoms with van der Waals surface area (Å²) in [4.78, 5) is 91.5. The van der Waals surface area contributed by atoms with Crippen molar-refractivity contribution in [2.75, 3.05) is 39.3 Å². The summed E-state index contributed by atoms with van der Waals surface area (Å²) in [6.07, 6.45) is -0.713. The number of phosphoric acid groups is 1. The fraction of sp³-hybridized carbons (Fsp3) is 0.833. The molecule has 17 heteroatoms. The normalized spacial score (nSPS) is 27.4. The summed E-state index contributed by atoms with van der Waals surface area (Å²) < 4.78 is 35.4. The van der Waals surface area contributed by atoms with Crippen LogP contribution in [0.2, 0.25) is 0 Å². The van der Waals surface area contributed by atoms with Crippen LogP contribution in [0.5, 0.6) is 0 Å². The van der Waals surface area contributed by atoms with Gasteiger partial charge in [-0.15, -0.1) is 0 Å². The first-order valence-electron chi connectivity index (χ1n) is 18.8. The van der Waals surface area contributed by atoms with Gasteiger partial charge in [0.15, 0.2) is 0 Å². The summed E-state index contributed by atoms with van der Waals surface area (Å²) >= 11 is 0. The van der Waals surface area contributed by atoms with Crippen molar-refractivity contribution < 1.29 is 46.9 Å². The molecule has 3 aliphatic rings. The van der Waals surface area contributed by atoms with E-state index >= 15 is 4.57 Å². The van der Waals surface area contributed by atoms with Gasteiger partial charge in [0.05, 0.1) is 0 Å². The highest BCUT2D eigenvalue weighted by atomic mass is 31.2. The number of amides is 9. The van der Waals surface area contributed by atoms with Crippen LogP contribution in [0.15, 0.2) is 0 Å². The number of phosphoric ester groups is 1. The fourth-order valence-electron chi connectivity index (χ4n) is 7.08. The zero-order valence-electron chi connectivity index (χ0n) is 34.6. The Morgan fingerprint density at radius 3 is 0.811 bits per heavy atom. The number of nitrogens with zero attached hydrogens (tertiary/aromatic N) is 6. The maximum atomic E-state index is 16.1. The third kappa shape index (κ3) is 7.88. The first-order chi connectivity index (χ1) is 24.1. The second-order valence-electron chi connectivity index (χ2n) is 17.6.